The van der Waals surface area contributed by atoms with Crippen molar-refractivity contribution in [2.75, 3.05) is 44.7 Å². The molecule has 0 radical (unpaired) electrons. The van der Waals surface area contributed by atoms with Crippen molar-refractivity contribution in [3.63, 3.8) is 0 Å². The molecular formula is C20H24N4O3. The minimum absolute atomic E-state index is 0.0917. The van der Waals surface area contributed by atoms with Crippen LogP contribution in [0.4, 0.5) is 11.4 Å². The Bertz CT molecular complexity index is 772. The highest BCUT2D eigenvalue weighted by atomic mass is 16.6. The summed E-state index contributed by atoms with van der Waals surface area (Å²) < 4.78 is 0. The van der Waals surface area contributed by atoms with Crippen LogP contribution < -0.4 is 4.90 Å². The maximum absolute atomic E-state index is 12.6. The second-order valence-electron chi connectivity index (χ2n) is 6.80. The van der Waals surface area contributed by atoms with Gasteiger partial charge in [0, 0.05) is 50.5 Å². The predicted octanol–water partition coefficient (Wildman–Crippen LogP) is 2.38. The van der Waals surface area contributed by atoms with Crippen LogP contribution in [0, 0.1) is 10.1 Å². The van der Waals surface area contributed by atoms with Crippen LogP contribution in [0.1, 0.15) is 5.56 Å². The smallest absolute Gasteiger partial charge is 0.269 e. The number of rotatable bonds is 6. The maximum Gasteiger partial charge on any atom is 0.269 e. The lowest BCUT2D eigenvalue weighted by atomic mass is 10.2. The topological polar surface area (TPSA) is 69.9 Å². The third-order valence-electron chi connectivity index (χ3n) is 4.76. The Labute approximate surface area is 158 Å². The van der Waals surface area contributed by atoms with Gasteiger partial charge in [-0.3, -0.25) is 19.8 Å². The molecule has 1 aliphatic heterocycles. The van der Waals surface area contributed by atoms with Gasteiger partial charge in [-0.05, 0) is 24.7 Å². The van der Waals surface area contributed by atoms with Crippen LogP contribution in [0.2, 0.25) is 0 Å². The van der Waals surface area contributed by atoms with Gasteiger partial charge in [-0.15, -0.1) is 0 Å². The van der Waals surface area contributed by atoms with Gasteiger partial charge < -0.3 is 9.80 Å². The summed E-state index contributed by atoms with van der Waals surface area (Å²) >= 11 is 0. The number of nitrogens with zero attached hydrogens (tertiary/aromatic N) is 4. The summed E-state index contributed by atoms with van der Waals surface area (Å²) in [7, 11) is 1.96. The number of benzene rings is 2. The fourth-order valence-corrected chi connectivity index (χ4v) is 3.28. The molecule has 7 heteroatoms. The zero-order chi connectivity index (χ0) is 19.2. The molecule has 0 saturated carbocycles. The largest absolute Gasteiger partial charge is 0.368 e. The Kier molecular flexibility index (Phi) is 6.03. The number of nitro groups is 1. The van der Waals surface area contributed by atoms with E-state index in [0.717, 1.165) is 25.3 Å². The average molecular weight is 368 g/mol. The molecule has 2 aromatic carbocycles. The van der Waals surface area contributed by atoms with Crippen LogP contribution in [0.25, 0.3) is 0 Å². The molecule has 0 atom stereocenters. The summed E-state index contributed by atoms with van der Waals surface area (Å²) in [6.07, 6.45) is 0. The van der Waals surface area contributed by atoms with Crippen LogP contribution >= 0.6 is 0 Å². The van der Waals surface area contributed by atoms with E-state index in [2.05, 4.69) is 17.0 Å². The molecule has 7 nitrogen and oxygen atoms in total. The quantitative estimate of drug-likeness (QED) is 0.578. The number of likely N-dealkylation sites (N-methyl/N-ethyl adjacent to an activating group) is 1. The summed E-state index contributed by atoms with van der Waals surface area (Å²) in [6.45, 7) is 3.92. The average Bonchev–Trinajstić information content (AvgIpc) is 2.69. The lowest BCUT2D eigenvalue weighted by molar-refractivity contribution is -0.384. The predicted molar refractivity (Wildman–Crippen MR) is 105 cm³/mol. The molecule has 2 aromatic rings. The van der Waals surface area contributed by atoms with Crippen molar-refractivity contribution in [2.24, 2.45) is 0 Å². The highest BCUT2D eigenvalue weighted by Gasteiger charge is 2.22. The van der Waals surface area contributed by atoms with E-state index in [4.69, 9.17) is 0 Å². The van der Waals surface area contributed by atoms with Crippen molar-refractivity contribution in [3.8, 4) is 0 Å². The van der Waals surface area contributed by atoms with Crippen LogP contribution in [0.3, 0.4) is 0 Å². The zero-order valence-electron chi connectivity index (χ0n) is 15.5. The highest BCUT2D eigenvalue weighted by Crippen LogP contribution is 2.20. The first kappa shape index (κ1) is 18.8. The highest BCUT2D eigenvalue weighted by molar-refractivity contribution is 5.78. The molecule has 0 aromatic heterocycles. The minimum Gasteiger partial charge on any atom is -0.368 e. The van der Waals surface area contributed by atoms with Crippen molar-refractivity contribution >= 4 is 17.3 Å². The number of amides is 1. The number of hydrogen-bond donors (Lipinski definition) is 0. The molecule has 0 unspecified atom stereocenters. The van der Waals surface area contributed by atoms with E-state index in [-0.39, 0.29) is 11.6 Å². The maximum atomic E-state index is 12.6. The van der Waals surface area contributed by atoms with E-state index in [1.807, 2.05) is 35.0 Å². The number of nitro benzene ring substituents is 1. The number of hydrogen-bond acceptors (Lipinski definition) is 5. The molecule has 27 heavy (non-hydrogen) atoms. The molecule has 1 saturated heterocycles. The van der Waals surface area contributed by atoms with E-state index in [1.54, 1.807) is 12.1 Å². The van der Waals surface area contributed by atoms with Gasteiger partial charge in [-0.25, -0.2) is 0 Å². The second kappa shape index (κ2) is 8.64. The van der Waals surface area contributed by atoms with Crippen molar-refractivity contribution < 1.29 is 9.72 Å². The molecule has 0 bridgehead atoms. The van der Waals surface area contributed by atoms with E-state index >= 15 is 0 Å². The molecule has 1 amide bonds. The number of piperazine rings is 1. The Morgan fingerprint density at radius 1 is 1.04 bits per heavy atom. The fourth-order valence-electron chi connectivity index (χ4n) is 3.28. The van der Waals surface area contributed by atoms with Gasteiger partial charge in [-0.2, -0.15) is 0 Å². The van der Waals surface area contributed by atoms with Gasteiger partial charge in [0.15, 0.2) is 0 Å². The number of non-ortho nitro benzene ring substituents is 1. The first-order valence-corrected chi connectivity index (χ1v) is 9.02. The van der Waals surface area contributed by atoms with Gasteiger partial charge in [0.25, 0.3) is 5.69 Å². The Hall–Kier alpha value is -2.93. The van der Waals surface area contributed by atoms with Gasteiger partial charge in [0.2, 0.25) is 5.91 Å². The molecule has 142 valence electrons. The van der Waals surface area contributed by atoms with Crippen molar-refractivity contribution in [3.05, 3.63) is 70.3 Å². The van der Waals surface area contributed by atoms with E-state index in [0.29, 0.717) is 19.6 Å². The van der Waals surface area contributed by atoms with Crippen LogP contribution in [0.15, 0.2) is 54.6 Å². The first-order chi connectivity index (χ1) is 13.0. The van der Waals surface area contributed by atoms with Gasteiger partial charge in [-0.1, -0.05) is 30.3 Å². The van der Waals surface area contributed by atoms with Crippen LogP contribution in [-0.2, 0) is 11.3 Å². The lowest BCUT2D eigenvalue weighted by Gasteiger charge is -2.36. The van der Waals surface area contributed by atoms with Crippen LogP contribution in [-0.4, -0.2) is 60.4 Å². The third-order valence-corrected chi connectivity index (χ3v) is 4.76. The first-order valence-electron chi connectivity index (χ1n) is 9.02. The van der Waals surface area contributed by atoms with Gasteiger partial charge >= 0.3 is 0 Å². The standard InChI is InChI=1S/C20H24N4O3/c1-21(15-17-5-3-2-4-6-17)16-20(25)23-13-11-22(12-14-23)18-7-9-19(10-8-18)24(26)27/h2-10H,11-16H2,1H3. The van der Waals surface area contributed by atoms with E-state index < -0.39 is 4.92 Å². The molecule has 1 heterocycles. The normalized spacial score (nSPS) is 14.4. The third kappa shape index (κ3) is 5.04. The number of carbonyl (C=O) groups excluding carboxylic acids is 1. The van der Waals surface area contributed by atoms with E-state index in [1.165, 1.54) is 17.7 Å². The van der Waals surface area contributed by atoms with Crippen molar-refractivity contribution in [2.45, 2.75) is 6.54 Å². The fraction of sp³-hybridized carbons (Fsp3) is 0.350. The second-order valence-corrected chi connectivity index (χ2v) is 6.80. The molecule has 0 spiro atoms. The van der Waals surface area contributed by atoms with Gasteiger partial charge in [0.1, 0.15) is 0 Å². The molecule has 1 fully saturated rings. The molecule has 1 aliphatic rings. The van der Waals surface area contributed by atoms with Gasteiger partial charge in [0.05, 0.1) is 11.5 Å². The van der Waals surface area contributed by atoms with Crippen molar-refractivity contribution in [1.29, 1.82) is 0 Å². The molecular weight excluding hydrogens is 344 g/mol. The summed E-state index contributed by atoms with van der Waals surface area (Å²) in [5.41, 5.74) is 2.23. The molecule has 0 aliphatic carbocycles. The van der Waals surface area contributed by atoms with Crippen LogP contribution in [0.5, 0.6) is 0 Å². The zero-order valence-corrected chi connectivity index (χ0v) is 15.5. The Balaban J connectivity index is 1.48. The Morgan fingerprint density at radius 3 is 2.26 bits per heavy atom. The summed E-state index contributed by atoms with van der Waals surface area (Å²) in [5, 5.41) is 10.8. The lowest BCUT2D eigenvalue weighted by Crippen LogP contribution is -2.51. The van der Waals surface area contributed by atoms with E-state index in [9.17, 15) is 14.9 Å². The molecule has 3 rings (SSSR count). The van der Waals surface area contributed by atoms with Crippen molar-refractivity contribution in [1.82, 2.24) is 9.80 Å². The Morgan fingerprint density at radius 2 is 1.67 bits per heavy atom. The minimum atomic E-state index is -0.396. The number of carbonyl (C=O) groups is 1. The summed E-state index contributed by atoms with van der Waals surface area (Å²) in [4.78, 5) is 29.0. The number of anilines is 1. The molecule has 0 N–H and O–H groups in total. The SMILES string of the molecule is CN(CC(=O)N1CCN(c2ccc([N+](=O)[O-])cc2)CC1)Cc1ccccc1. The summed E-state index contributed by atoms with van der Waals surface area (Å²) in [5.74, 6) is 0.136. The summed E-state index contributed by atoms with van der Waals surface area (Å²) in [6, 6.07) is 16.7. The monoisotopic (exact) mass is 368 g/mol.